The minimum Gasteiger partial charge on any atom is -0.469 e. The van der Waals surface area contributed by atoms with Gasteiger partial charge in [0, 0.05) is 9.90 Å². The van der Waals surface area contributed by atoms with E-state index in [1.54, 1.807) is 12.1 Å². The second kappa shape index (κ2) is 7.96. The van der Waals surface area contributed by atoms with E-state index in [1.165, 1.54) is 18.4 Å². The summed E-state index contributed by atoms with van der Waals surface area (Å²) in [6.07, 6.45) is 0.351. The lowest BCUT2D eigenvalue weighted by Gasteiger charge is -2.16. The molecule has 0 saturated carbocycles. The van der Waals surface area contributed by atoms with E-state index in [-0.39, 0.29) is 30.8 Å². The van der Waals surface area contributed by atoms with Gasteiger partial charge in [-0.1, -0.05) is 29.8 Å². The summed E-state index contributed by atoms with van der Waals surface area (Å²) in [5, 5.41) is 5.42. The number of benzene rings is 1. The molecule has 0 aliphatic rings. The van der Waals surface area contributed by atoms with Crippen molar-refractivity contribution < 1.29 is 14.3 Å². The van der Waals surface area contributed by atoms with E-state index in [9.17, 15) is 9.59 Å². The van der Waals surface area contributed by atoms with Crippen LogP contribution in [0, 0.1) is 0 Å². The molecule has 2 aromatic rings. The highest BCUT2D eigenvalue weighted by Gasteiger charge is 2.19. The molecule has 1 N–H and O–H groups in total. The molecule has 4 nitrogen and oxygen atoms in total. The Kier molecular flexibility index (Phi) is 5.98. The Balaban J connectivity index is 2.01. The minimum absolute atomic E-state index is 0.114. The summed E-state index contributed by atoms with van der Waals surface area (Å²) in [5.74, 6) is -0.505. The number of amides is 1. The molecular formula is C16H16ClNO3S. The first kappa shape index (κ1) is 16.5. The van der Waals surface area contributed by atoms with Crippen molar-refractivity contribution in [2.75, 3.05) is 7.11 Å². The summed E-state index contributed by atoms with van der Waals surface area (Å²) in [6.45, 7) is 0. The molecule has 0 aliphatic heterocycles. The van der Waals surface area contributed by atoms with Gasteiger partial charge in [0.05, 0.1) is 26.0 Å². The van der Waals surface area contributed by atoms with Crippen LogP contribution in [0.5, 0.6) is 0 Å². The molecule has 0 bridgehead atoms. The average molecular weight is 338 g/mol. The highest BCUT2D eigenvalue weighted by atomic mass is 35.5. The first-order valence-electron chi connectivity index (χ1n) is 6.72. The fourth-order valence-electron chi connectivity index (χ4n) is 2.00. The zero-order valence-electron chi connectivity index (χ0n) is 12.0. The van der Waals surface area contributed by atoms with E-state index in [0.717, 1.165) is 10.4 Å². The number of carbonyl (C=O) groups is 2. The first-order valence-corrected chi connectivity index (χ1v) is 7.98. The number of carbonyl (C=O) groups excluding carboxylic acids is 2. The van der Waals surface area contributed by atoms with E-state index >= 15 is 0 Å². The van der Waals surface area contributed by atoms with E-state index in [1.807, 2.05) is 29.6 Å². The Morgan fingerprint density at radius 3 is 2.59 bits per heavy atom. The molecule has 0 fully saturated rings. The molecule has 0 aliphatic carbocycles. The van der Waals surface area contributed by atoms with Crippen molar-refractivity contribution in [1.82, 2.24) is 5.32 Å². The first-order chi connectivity index (χ1) is 10.6. The van der Waals surface area contributed by atoms with Crippen molar-refractivity contribution in [1.29, 1.82) is 0 Å². The lowest BCUT2D eigenvalue weighted by atomic mass is 10.1. The molecule has 1 atom stereocenters. The fourth-order valence-corrected chi connectivity index (χ4v) is 2.90. The number of rotatable bonds is 6. The van der Waals surface area contributed by atoms with Gasteiger partial charge in [-0.15, -0.1) is 11.3 Å². The molecule has 2 rings (SSSR count). The normalized spacial score (nSPS) is 11.7. The summed E-state index contributed by atoms with van der Waals surface area (Å²) in [4.78, 5) is 24.6. The van der Waals surface area contributed by atoms with Gasteiger partial charge in [0.15, 0.2) is 0 Å². The largest absolute Gasteiger partial charge is 0.469 e. The Hall–Kier alpha value is -1.85. The van der Waals surface area contributed by atoms with Crippen molar-refractivity contribution in [3.05, 3.63) is 57.2 Å². The molecule has 1 amide bonds. The van der Waals surface area contributed by atoms with Crippen LogP contribution in [-0.2, 0) is 20.7 Å². The van der Waals surface area contributed by atoms with Crippen LogP contribution in [0.4, 0.5) is 0 Å². The summed E-state index contributed by atoms with van der Waals surface area (Å²) < 4.78 is 4.69. The van der Waals surface area contributed by atoms with E-state index in [2.05, 4.69) is 5.32 Å². The molecule has 1 aromatic carbocycles. The predicted octanol–water partition coefficient (Wildman–Crippen LogP) is 3.36. The van der Waals surface area contributed by atoms with Crippen LogP contribution in [0.1, 0.15) is 22.9 Å². The number of halogens is 1. The summed E-state index contributed by atoms with van der Waals surface area (Å²) in [5.41, 5.74) is 0.866. The molecule has 22 heavy (non-hydrogen) atoms. The fraction of sp³-hybridized carbons (Fsp3) is 0.250. The van der Waals surface area contributed by atoms with Gasteiger partial charge in [-0.3, -0.25) is 9.59 Å². The molecule has 0 saturated heterocycles. The zero-order valence-corrected chi connectivity index (χ0v) is 13.6. The number of hydrogen-bond acceptors (Lipinski definition) is 4. The van der Waals surface area contributed by atoms with E-state index in [0.29, 0.717) is 5.02 Å². The van der Waals surface area contributed by atoms with Crippen molar-refractivity contribution in [2.45, 2.75) is 18.9 Å². The van der Waals surface area contributed by atoms with Gasteiger partial charge < -0.3 is 10.1 Å². The quantitative estimate of drug-likeness (QED) is 0.822. The molecule has 0 unspecified atom stereocenters. The lowest BCUT2D eigenvalue weighted by Crippen LogP contribution is -2.31. The minimum atomic E-state index is -0.368. The van der Waals surface area contributed by atoms with Gasteiger partial charge in [0.1, 0.15) is 0 Å². The molecule has 116 valence electrons. The number of ether oxygens (including phenoxy) is 1. The second-order valence-corrected chi connectivity index (χ2v) is 6.13. The van der Waals surface area contributed by atoms with Crippen molar-refractivity contribution in [3.63, 3.8) is 0 Å². The molecule has 1 heterocycles. The maximum Gasteiger partial charge on any atom is 0.307 e. The number of hydrogen-bond donors (Lipinski definition) is 1. The average Bonchev–Trinajstić information content (AvgIpc) is 3.03. The molecular weight excluding hydrogens is 322 g/mol. The number of thiophene rings is 1. The molecule has 1 aromatic heterocycles. The number of methoxy groups -OCH3 is 1. The Bertz CT molecular complexity index is 625. The number of esters is 1. The van der Waals surface area contributed by atoms with Crippen LogP contribution in [0.3, 0.4) is 0 Å². The van der Waals surface area contributed by atoms with Crippen molar-refractivity contribution >= 4 is 34.8 Å². The van der Waals surface area contributed by atoms with E-state index < -0.39 is 0 Å². The number of nitrogens with one attached hydrogen (secondary N) is 1. The third-order valence-electron chi connectivity index (χ3n) is 3.10. The highest BCUT2D eigenvalue weighted by molar-refractivity contribution is 7.10. The van der Waals surface area contributed by atoms with Crippen LogP contribution < -0.4 is 5.32 Å². The van der Waals surface area contributed by atoms with E-state index in [4.69, 9.17) is 16.3 Å². The van der Waals surface area contributed by atoms with Gasteiger partial charge in [0.25, 0.3) is 0 Å². The van der Waals surface area contributed by atoms with Crippen LogP contribution >= 0.6 is 22.9 Å². The van der Waals surface area contributed by atoms with Gasteiger partial charge in [-0.25, -0.2) is 0 Å². The highest BCUT2D eigenvalue weighted by Crippen LogP contribution is 2.22. The summed E-state index contributed by atoms with van der Waals surface area (Å²) >= 11 is 7.32. The van der Waals surface area contributed by atoms with Gasteiger partial charge in [-0.05, 0) is 29.1 Å². The predicted molar refractivity (Wildman–Crippen MR) is 87.0 cm³/mol. The maximum atomic E-state index is 12.2. The summed E-state index contributed by atoms with van der Waals surface area (Å²) in [6, 6.07) is 10.5. The van der Waals surface area contributed by atoms with Crippen LogP contribution in [0.25, 0.3) is 0 Å². The van der Waals surface area contributed by atoms with Gasteiger partial charge in [0.2, 0.25) is 5.91 Å². The lowest BCUT2D eigenvalue weighted by molar-refractivity contribution is -0.141. The maximum absolute atomic E-state index is 12.2. The zero-order chi connectivity index (χ0) is 15.9. The van der Waals surface area contributed by atoms with Crippen molar-refractivity contribution in [2.24, 2.45) is 0 Å². The van der Waals surface area contributed by atoms with Gasteiger partial charge in [-0.2, -0.15) is 0 Å². The van der Waals surface area contributed by atoms with Crippen LogP contribution in [0.15, 0.2) is 41.8 Å². The second-order valence-electron chi connectivity index (χ2n) is 4.72. The third-order valence-corrected chi connectivity index (χ3v) is 4.34. The van der Waals surface area contributed by atoms with Crippen molar-refractivity contribution in [3.8, 4) is 0 Å². The van der Waals surface area contributed by atoms with Crippen LogP contribution in [-0.4, -0.2) is 19.0 Å². The Morgan fingerprint density at radius 2 is 2.00 bits per heavy atom. The topological polar surface area (TPSA) is 55.4 Å². The van der Waals surface area contributed by atoms with Gasteiger partial charge >= 0.3 is 5.97 Å². The standard InChI is InChI=1S/C16H16ClNO3S/c1-21-16(20)10-13(14-3-2-8-22-14)18-15(19)9-11-4-6-12(17)7-5-11/h2-8,13H,9-10H2,1H3,(H,18,19)/t13-/m0/s1. The monoisotopic (exact) mass is 337 g/mol. The molecule has 0 radical (unpaired) electrons. The Labute approximate surface area is 138 Å². The third kappa shape index (κ3) is 4.86. The molecule has 0 spiro atoms. The van der Waals surface area contributed by atoms with Crippen LogP contribution in [0.2, 0.25) is 5.02 Å². The summed E-state index contributed by atoms with van der Waals surface area (Å²) in [7, 11) is 1.34. The molecule has 6 heteroatoms. The Morgan fingerprint density at radius 1 is 1.27 bits per heavy atom. The smallest absolute Gasteiger partial charge is 0.307 e. The SMILES string of the molecule is COC(=O)C[C@H](NC(=O)Cc1ccc(Cl)cc1)c1cccs1.